The molecule has 1 aromatic rings. The van der Waals surface area contributed by atoms with E-state index in [1.54, 1.807) is 23.9 Å². The second-order valence-corrected chi connectivity index (χ2v) is 4.95. The number of hydrogen-bond acceptors (Lipinski definition) is 4. The van der Waals surface area contributed by atoms with Crippen LogP contribution < -0.4 is 11.1 Å². The van der Waals surface area contributed by atoms with E-state index in [1.165, 1.54) is 0 Å². The Hall–Kier alpha value is -0.750. The van der Waals surface area contributed by atoms with Crippen LogP contribution in [0.15, 0.2) is 24.3 Å². The number of halogens is 1. The first-order chi connectivity index (χ1) is 8.71. The summed E-state index contributed by atoms with van der Waals surface area (Å²) in [6, 6.07) is 7.25. The molecule has 19 heavy (non-hydrogen) atoms. The van der Waals surface area contributed by atoms with E-state index in [4.69, 9.17) is 10.8 Å². The van der Waals surface area contributed by atoms with Gasteiger partial charge >= 0.3 is 0 Å². The van der Waals surface area contributed by atoms with E-state index in [0.29, 0.717) is 18.5 Å². The van der Waals surface area contributed by atoms with Gasteiger partial charge in [-0.3, -0.25) is 4.79 Å². The van der Waals surface area contributed by atoms with Crippen LogP contribution in [0.4, 0.5) is 0 Å². The minimum Gasteiger partial charge on any atom is -0.396 e. The van der Waals surface area contributed by atoms with Gasteiger partial charge in [-0.15, -0.1) is 12.4 Å². The Morgan fingerprint density at radius 2 is 2.05 bits per heavy atom. The number of hydrogen-bond donors (Lipinski definition) is 3. The summed E-state index contributed by atoms with van der Waals surface area (Å²) in [5.41, 5.74) is 7.13. The number of nitrogens with two attached hydrogens (primary N) is 1. The number of amides is 1. The maximum absolute atomic E-state index is 12.0. The van der Waals surface area contributed by atoms with Gasteiger partial charge in [0.25, 0.3) is 5.91 Å². The van der Waals surface area contributed by atoms with E-state index in [1.807, 2.05) is 18.4 Å². The fraction of sp³-hybridized carbons (Fsp3) is 0.462. The summed E-state index contributed by atoms with van der Waals surface area (Å²) in [4.78, 5) is 12.0. The van der Waals surface area contributed by atoms with E-state index < -0.39 is 0 Å². The third kappa shape index (κ3) is 6.29. The fourth-order valence-corrected chi connectivity index (χ4v) is 2.27. The lowest BCUT2D eigenvalue weighted by molar-refractivity contribution is 0.0935. The lowest BCUT2D eigenvalue weighted by Crippen LogP contribution is -2.37. The van der Waals surface area contributed by atoms with Gasteiger partial charge in [-0.05, 0) is 30.4 Å². The summed E-state index contributed by atoms with van der Waals surface area (Å²) >= 11 is 1.65. The highest BCUT2D eigenvalue weighted by Gasteiger charge is 2.12. The van der Waals surface area contributed by atoms with Gasteiger partial charge in [0.05, 0.1) is 0 Å². The van der Waals surface area contributed by atoms with Gasteiger partial charge in [-0.2, -0.15) is 11.8 Å². The Kier molecular flexibility index (Phi) is 9.69. The lowest BCUT2D eigenvalue weighted by atomic mass is 10.1. The van der Waals surface area contributed by atoms with Crippen LogP contribution in [0.5, 0.6) is 0 Å². The third-order valence-electron chi connectivity index (χ3n) is 2.63. The third-order valence-corrected chi connectivity index (χ3v) is 3.37. The SMILES string of the molecule is CSCC(CCO)NC(=O)c1ccc(CN)cc1.Cl. The molecule has 0 heterocycles. The summed E-state index contributed by atoms with van der Waals surface area (Å²) in [5.74, 6) is 0.693. The van der Waals surface area contributed by atoms with Crippen molar-refractivity contribution >= 4 is 30.1 Å². The van der Waals surface area contributed by atoms with E-state index >= 15 is 0 Å². The summed E-state index contributed by atoms with van der Waals surface area (Å²) in [6.07, 6.45) is 2.56. The zero-order chi connectivity index (χ0) is 13.4. The van der Waals surface area contributed by atoms with Crippen molar-refractivity contribution in [2.75, 3.05) is 18.6 Å². The van der Waals surface area contributed by atoms with Crippen molar-refractivity contribution in [3.05, 3.63) is 35.4 Å². The van der Waals surface area contributed by atoms with Crippen LogP contribution >= 0.6 is 24.2 Å². The molecule has 1 atom stereocenters. The predicted molar refractivity (Wildman–Crippen MR) is 82.9 cm³/mol. The van der Waals surface area contributed by atoms with Crippen molar-refractivity contribution in [3.8, 4) is 0 Å². The average Bonchev–Trinajstić information content (AvgIpc) is 2.39. The second-order valence-electron chi connectivity index (χ2n) is 4.04. The molecule has 1 rings (SSSR count). The van der Waals surface area contributed by atoms with Gasteiger partial charge in [0.1, 0.15) is 0 Å². The van der Waals surface area contributed by atoms with Crippen LogP contribution in [0.2, 0.25) is 0 Å². The molecule has 0 radical (unpaired) electrons. The Bertz CT molecular complexity index is 367. The lowest BCUT2D eigenvalue weighted by Gasteiger charge is -2.16. The monoisotopic (exact) mass is 304 g/mol. The van der Waals surface area contributed by atoms with Gasteiger partial charge in [-0.1, -0.05) is 12.1 Å². The molecule has 0 spiro atoms. The van der Waals surface area contributed by atoms with E-state index in [9.17, 15) is 4.79 Å². The highest BCUT2D eigenvalue weighted by molar-refractivity contribution is 7.98. The largest absolute Gasteiger partial charge is 0.396 e. The molecule has 0 aliphatic carbocycles. The molecule has 0 fully saturated rings. The van der Waals surface area contributed by atoms with Crippen molar-refractivity contribution in [3.63, 3.8) is 0 Å². The maximum Gasteiger partial charge on any atom is 0.251 e. The smallest absolute Gasteiger partial charge is 0.251 e. The van der Waals surface area contributed by atoms with Crippen molar-refractivity contribution in [2.24, 2.45) is 5.73 Å². The van der Waals surface area contributed by atoms with Crippen molar-refractivity contribution < 1.29 is 9.90 Å². The normalized spacial score (nSPS) is 11.5. The molecule has 0 aliphatic heterocycles. The predicted octanol–water partition coefficient (Wildman–Crippen LogP) is 1.41. The van der Waals surface area contributed by atoms with Crippen LogP contribution in [0.1, 0.15) is 22.3 Å². The number of rotatable bonds is 7. The Morgan fingerprint density at radius 1 is 1.42 bits per heavy atom. The molecular weight excluding hydrogens is 284 g/mol. The van der Waals surface area contributed by atoms with Crippen molar-refractivity contribution in [2.45, 2.75) is 19.0 Å². The maximum atomic E-state index is 12.0. The van der Waals surface area contributed by atoms with Crippen molar-refractivity contribution in [1.29, 1.82) is 0 Å². The molecule has 0 aliphatic rings. The minimum atomic E-state index is -0.105. The van der Waals surface area contributed by atoms with Crippen LogP contribution in [0.3, 0.4) is 0 Å². The number of thioether (sulfide) groups is 1. The Balaban J connectivity index is 0.00000324. The molecule has 108 valence electrons. The van der Waals surface area contributed by atoms with E-state index in [-0.39, 0.29) is 31.0 Å². The van der Waals surface area contributed by atoms with Gasteiger partial charge in [0, 0.05) is 30.5 Å². The molecule has 1 amide bonds. The van der Waals surface area contributed by atoms with E-state index in [2.05, 4.69) is 5.32 Å². The first kappa shape index (κ1) is 18.2. The van der Waals surface area contributed by atoms with Crippen LogP contribution in [-0.2, 0) is 6.54 Å². The quantitative estimate of drug-likeness (QED) is 0.712. The topological polar surface area (TPSA) is 75.3 Å². The van der Waals surface area contributed by atoms with Crippen LogP contribution in [-0.4, -0.2) is 35.7 Å². The fourth-order valence-electron chi connectivity index (χ4n) is 1.62. The van der Waals surface area contributed by atoms with E-state index in [0.717, 1.165) is 11.3 Å². The first-order valence-corrected chi connectivity index (χ1v) is 7.30. The molecule has 0 bridgehead atoms. The first-order valence-electron chi connectivity index (χ1n) is 5.91. The molecule has 0 aromatic heterocycles. The Morgan fingerprint density at radius 3 is 2.53 bits per heavy atom. The molecule has 1 unspecified atom stereocenters. The summed E-state index contributed by atoms with van der Waals surface area (Å²) in [7, 11) is 0. The highest BCUT2D eigenvalue weighted by atomic mass is 35.5. The molecule has 4 nitrogen and oxygen atoms in total. The van der Waals surface area contributed by atoms with Crippen molar-refractivity contribution in [1.82, 2.24) is 5.32 Å². The number of aliphatic hydroxyl groups excluding tert-OH is 1. The number of aliphatic hydroxyl groups is 1. The van der Waals surface area contributed by atoms with Gasteiger partial charge in [0.2, 0.25) is 0 Å². The second kappa shape index (κ2) is 10.1. The van der Waals surface area contributed by atoms with Crippen LogP contribution in [0.25, 0.3) is 0 Å². The summed E-state index contributed by atoms with van der Waals surface area (Å²) < 4.78 is 0. The van der Waals surface area contributed by atoms with Gasteiger partial charge < -0.3 is 16.2 Å². The van der Waals surface area contributed by atoms with Gasteiger partial charge in [-0.25, -0.2) is 0 Å². The number of carbonyl (C=O) groups excluding carboxylic acids is 1. The number of nitrogens with one attached hydrogen (secondary N) is 1. The minimum absolute atomic E-state index is 0. The summed E-state index contributed by atoms with van der Waals surface area (Å²) in [6.45, 7) is 0.555. The molecule has 0 saturated heterocycles. The van der Waals surface area contributed by atoms with Crippen LogP contribution in [0, 0.1) is 0 Å². The average molecular weight is 305 g/mol. The van der Waals surface area contributed by atoms with Gasteiger partial charge in [0.15, 0.2) is 0 Å². The zero-order valence-electron chi connectivity index (χ0n) is 11.0. The molecule has 0 saturated carbocycles. The number of carbonyl (C=O) groups is 1. The molecule has 6 heteroatoms. The zero-order valence-corrected chi connectivity index (χ0v) is 12.6. The summed E-state index contributed by atoms with van der Waals surface area (Å²) in [5, 5.41) is 11.9. The molecular formula is C13H21ClN2O2S. The molecule has 4 N–H and O–H groups in total. The standard InChI is InChI=1S/C13H20N2O2S.ClH/c1-18-9-12(6-7-16)15-13(17)11-4-2-10(8-14)3-5-11;/h2-5,12,16H,6-9,14H2,1H3,(H,15,17);1H. The Labute approximate surface area is 124 Å². The highest BCUT2D eigenvalue weighted by Crippen LogP contribution is 2.06. The molecule has 1 aromatic carbocycles. The number of benzene rings is 1.